The van der Waals surface area contributed by atoms with E-state index in [0.717, 1.165) is 11.2 Å². The Labute approximate surface area is 126 Å². The molecule has 0 saturated carbocycles. The molecule has 1 aromatic heterocycles. The first-order valence-corrected chi connectivity index (χ1v) is 7.84. The van der Waals surface area contributed by atoms with Crippen molar-refractivity contribution in [1.29, 1.82) is 0 Å². The summed E-state index contributed by atoms with van der Waals surface area (Å²) in [5.74, 6) is 0.633. The summed E-state index contributed by atoms with van der Waals surface area (Å²) in [4.78, 5) is 20.5. The van der Waals surface area contributed by atoms with E-state index < -0.39 is 0 Å². The Morgan fingerprint density at radius 2 is 2.05 bits per heavy atom. The molecule has 3 rings (SSSR count). The van der Waals surface area contributed by atoms with E-state index in [-0.39, 0.29) is 5.56 Å². The monoisotopic (exact) mass is 297 g/mol. The lowest BCUT2D eigenvalue weighted by Gasteiger charge is -2.07. The van der Waals surface area contributed by atoms with Crippen LogP contribution in [0.2, 0.25) is 0 Å². The number of benzene rings is 2. The van der Waals surface area contributed by atoms with Gasteiger partial charge in [0.05, 0.1) is 17.4 Å². The van der Waals surface area contributed by atoms with E-state index in [4.69, 9.17) is 0 Å². The highest BCUT2D eigenvalue weighted by molar-refractivity contribution is 7.98. The van der Waals surface area contributed by atoms with Crippen LogP contribution in [0.4, 0.5) is 5.69 Å². The minimum atomic E-state index is -0.102. The molecule has 0 fully saturated rings. The Balaban J connectivity index is 1.83. The third kappa shape index (κ3) is 3.08. The lowest BCUT2D eigenvalue weighted by Crippen LogP contribution is -2.14. The maximum Gasteiger partial charge on any atom is 0.258 e. The van der Waals surface area contributed by atoms with E-state index >= 15 is 0 Å². The summed E-state index contributed by atoms with van der Waals surface area (Å²) >= 11 is 1.70. The van der Waals surface area contributed by atoms with Crippen molar-refractivity contribution >= 4 is 28.4 Å². The van der Waals surface area contributed by atoms with Gasteiger partial charge in [0, 0.05) is 10.6 Å². The molecule has 1 heterocycles. The van der Waals surface area contributed by atoms with Crippen molar-refractivity contribution in [2.75, 3.05) is 11.6 Å². The van der Waals surface area contributed by atoms with Gasteiger partial charge in [-0.25, -0.2) is 4.98 Å². The van der Waals surface area contributed by atoms with Crippen LogP contribution in [0, 0.1) is 0 Å². The number of nitrogens with zero attached hydrogens (tertiary/aromatic N) is 1. The van der Waals surface area contributed by atoms with Gasteiger partial charge in [0.15, 0.2) is 0 Å². The highest BCUT2D eigenvalue weighted by Gasteiger charge is 2.03. The number of fused-ring (bicyclic) bond motifs is 1. The molecule has 0 aliphatic heterocycles. The van der Waals surface area contributed by atoms with Crippen LogP contribution in [0.1, 0.15) is 5.82 Å². The highest BCUT2D eigenvalue weighted by Crippen LogP contribution is 2.19. The van der Waals surface area contributed by atoms with E-state index in [1.54, 1.807) is 17.8 Å². The summed E-state index contributed by atoms with van der Waals surface area (Å²) in [6, 6.07) is 15.5. The molecule has 0 amide bonds. The number of nitrogens with one attached hydrogen (secondary N) is 2. The molecule has 0 atom stereocenters. The molecule has 4 nitrogen and oxygen atoms in total. The fourth-order valence-corrected chi connectivity index (χ4v) is 2.60. The Bertz CT molecular complexity index is 829. The van der Waals surface area contributed by atoms with E-state index in [1.807, 2.05) is 36.6 Å². The second-order valence-corrected chi connectivity index (χ2v) is 5.49. The van der Waals surface area contributed by atoms with Gasteiger partial charge in [-0.3, -0.25) is 4.79 Å². The molecule has 0 aliphatic carbocycles. The Kier molecular flexibility index (Phi) is 3.92. The summed E-state index contributed by atoms with van der Waals surface area (Å²) in [6.07, 6.45) is 2.04. The molecule has 106 valence electrons. The van der Waals surface area contributed by atoms with Crippen LogP contribution in [0.3, 0.4) is 0 Å². The van der Waals surface area contributed by atoms with Gasteiger partial charge in [0.2, 0.25) is 0 Å². The van der Waals surface area contributed by atoms with Crippen molar-refractivity contribution in [2.45, 2.75) is 11.4 Å². The number of aromatic amines is 1. The predicted molar refractivity (Wildman–Crippen MR) is 87.9 cm³/mol. The quantitative estimate of drug-likeness (QED) is 0.726. The molecular weight excluding hydrogens is 282 g/mol. The number of anilines is 1. The third-order valence-electron chi connectivity index (χ3n) is 3.19. The number of H-pyrrole nitrogens is 1. The second-order valence-electron chi connectivity index (χ2n) is 4.62. The van der Waals surface area contributed by atoms with Crippen LogP contribution in [0.15, 0.2) is 58.2 Å². The van der Waals surface area contributed by atoms with Crippen molar-refractivity contribution in [1.82, 2.24) is 9.97 Å². The molecule has 2 N–H and O–H groups in total. The van der Waals surface area contributed by atoms with Gasteiger partial charge in [0.1, 0.15) is 5.82 Å². The fourth-order valence-electron chi connectivity index (χ4n) is 2.14. The first-order chi connectivity index (χ1) is 10.3. The number of hydrogen-bond acceptors (Lipinski definition) is 4. The number of rotatable bonds is 4. The molecule has 3 aromatic rings. The largest absolute Gasteiger partial charge is 0.378 e. The van der Waals surface area contributed by atoms with Crippen molar-refractivity contribution in [2.24, 2.45) is 0 Å². The number of para-hydroxylation sites is 1. The summed E-state index contributed by atoms with van der Waals surface area (Å²) in [6.45, 7) is 0.484. The van der Waals surface area contributed by atoms with Crippen LogP contribution in [0.25, 0.3) is 10.9 Å². The number of thioether (sulfide) groups is 1. The molecule has 5 heteroatoms. The summed E-state index contributed by atoms with van der Waals surface area (Å²) in [5, 5.41) is 3.90. The van der Waals surface area contributed by atoms with Gasteiger partial charge in [-0.15, -0.1) is 11.8 Å². The minimum Gasteiger partial charge on any atom is -0.378 e. The van der Waals surface area contributed by atoms with Gasteiger partial charge in [-0.2, -0.15) is 0 Å². The topological polar surface area (TPSA) is 57.8 Å². The molecular formula is C16H15N3OS. The van der Waals surface area contributed by atoms with Gasteiger partial charge < -0.3 is 10.3 Å². The van der Waals surface area contributed by atoms with Gasteiger partial charge in [0.25, 0.3) is 5.56 Å². The minimum absolute atomic E-state index is 0.102. The van der Waals surface area contributed by atoms with Crippen molar-refractivity contribution < 1.29 is 0 Å². The van der Waals surface area contributed by atoms with E-state index in [0.29, 0.717) is 17.8 Å². The van der Waals surface area contributed by atoms with Crippen LogP contribution in [0.5, 0.6) is 0 Å². The zero-order valence-corrected chi connectivity index (χ0v) is 12.4. The fraction of sp³-hybridized carbons (Fsp3) is 0.125. The summed E-state index contributed by atoms with van der Waals surface area (Å²) in [7, 11) is 0. The van der Waals surface area contributed by atoms with E-state index in [1.165, 1.54) is 4.90 Å². The van der Waals surface area contributed by atoms with Crippen LogP contribution in [-0.2, 0) is 6.54 Å². The Morgan fingerprint density at radius 1 is 1.19 bits per heavy atom. The maximum atomic E-state index is 12.0. The number of hydrogen-bond donors (Lipinski definition) is 2. The molecule has 0 unspecified atom stereocenters. The van der Waals surface area contributed by atoms with Crippen molar-refractivity contribution in [3.05, 3.63) is 64.7 Å². The summed E-state index contributed by atoms with van der Waals surface area (Å²) < 4.78 is 0. The standard InChI is InChI=1S/C16H15N3OS/c1-21-12-6-4-5-11(9-12)17-10-15-18-14-8-3-2-7-13(14)16(20)19-15/h2-9,17H,10H2,1H3,(H,18,19,20). The molecule has 0 aliphatic rings. The van der Waals surface area contributed by atoms with Crippen LogP contribution < -0.4 is 10.9 Å². The first-order valence-electron chi connectivity index (χ1n) is 6.62. The van der Waals surface area contributed by atoms with Gasteiger partial charge >= 0.3 is 0 Å². The average Bonchev–Trinajstić information content (AvgIpc) is 2.53. The van der Waals surface area contributed by atoms with Crippen LogP contribution in [-0.4, -0.2) is 16.2 Å². The molecule has 21 heavy (non-hydrogen) atoms. The Morgan fingerprint density at radius 3 is 2.90 bits per heavy atom. The van der Waals surface area contributed by atoms with Gasteiger partial charge in [-0.05, 0) is 36.6 Å². The first kappa shape index (κ1) is 13.7. The Hall–Kier alpha value is -2.27. The highest BCUT2D eigenvalue weighted by atomic mass is 32.2. The average molecular weight is 297 g/mol. The molecule has 0 saturated heterocycles. The van der Waals surface area contributed by atoms with E-state index in [9.17, 15) is 4.79 Å². The van der Waals surface area contributed by atoms with Crippen molar-refractivity contribution in [3.63, 3.8) is 0 Å². The lowest BCUT2D eigenvalue weighted by molar-refractivity contribution is 0.952. The third-order valence-corrected chi connectivity index (χ3v) is 3.92. The lowest BCUT2D eigenvalue weighted by atomic mass is 10.2. The SMILES string of the molecule is CSc1cccc(NCc2nc3ccccc3c(=O)[nH]2)c1. The number of aromatic nitrogens is 2. The molecule has 0 radical (unpaired) electrons. The molecule has 0 bridgehead atoms. The van der Waals surface area contributed by atoms with Crippen LogP contribution >= 0.6 is 11.8 Å². The zero-order chi connectivity index (χ0) is 14.7. The normalized spacial score (nSPS) is 10.7. The molecule has 0 spiro atoms. The molecule has 2 aromatic carbocycles. The van der Waals surface area contributed by atoms with Gasteiger partial charge in [-0.1, -0.05) is 18.2 Å². The predicted octanol–water partition coefficient (Wildman–Crippen LogP) is 3.26. The summed E-state index contributed by atoms with van der Waals surface area (Å²) in [5.41, 5.74) is 1.63. The maximum absolute atomic E-state index is 12.0. The van der Waals surface area contributed by atoms with E-state index in [2.05, 4.69) is 27.4 Å². The van der Waals surface area contributed by atoms with Crippen molar-refractivity contribution in [3.8, 4) is 0 Å². The second kappa shape index (κ2) is 6.01. The zero-order valence-electron chi connectivity index (χ0n) is 11.6. The smallest absolute Gasteiger partial charge is 0.258 e.